The normalized spacial score (nSPS) is 14.1. The van der Waals surface area contributed by atoms with E-state index in [0.717, 1.165) is 11.1 Å². The van der Waals surface area contributed by atoms with Gasteiger partial charge in [-0.2, -0.15) is 10.1 Å². The van der Waals surface area contributed by atoms with Crippen molar-refractivity contribution >= 4 is 11.9 Å². The molecule has 0 radical (unpaired) electrons. The molecule has 0 bridgehead atoms. The van der Waals surface area contributed by atoms with E-state index in [-0.39, 0.29) is 29.0 Å². The molecule has 1 aliphatic rings. The Bertz CT molecular complexity index is 1390. The molecule has 0 N–H and O–H groups in total. The van der Waals surface area contributed by atoms with Crippen LogP contribution in [0.3, 0.4) is 0 Å². The van der Waals surface area contributed by atoms with Gasteiger partial charge in [-0.05, 0) is 29.3 Å². The number of rotatable bonds is 8. The van der Waals surface area contributed by atoms with Crippen molar-refractivity contribution in [3.63, 3.8) is 0 Å². The number of hydrogen-bond acceptors (Lipinski definition) is 5. The van der Waals surface area contributed by atoms with Gasteiger partial charge in [-0.25, -0.2) is 8.78 Å². The minimum absolute atomic E-state index is 0.0836. The molecular weight excluding hydrogens is 472 g/mol. The monoisotopic (exact) mass is 499 g/mol. The first kappa shape index (κ1) is 24.4. The van der Waals surface area contributed by atoms with Gasteiger partial charge in [0.2, 0.25) is 11.8 Å². The zero-order valence-electron chi connectivity index (χ0n) is 20.7. The molecule has 1 aromatic heterocycles. The minimum atomic E-state index is -0.723. The second-order valence-electron chi connectivity index (χ2n) is 9.63. The van der Waals surface area contributed by atoms with Crippen LogP contribution >= 0.6 is 0 Å². The number of benzene rings is 3. The van der Waals surface area contributed by atoms with Crippen molar-refractivity contribution in [1.29, 1.82) is 0 Å². The lowest BCUT2D eigenvalue weighted by molar-refractivity contribution is 0.268. The van der Waals surface area contributed by atoms with Crippen LogP contribution in [0, 0.1) is 17.0 Å². The first-order valence-electron chi connectivity index (χ1n) is 12.0. The maximum Gasteiger partial charge on any atom is 0.225 e. The highest BCUT2D eigenvalue weighted by atomic mass is 19.1. The summed E-state index contributed by atoms with van der Waals surface area (Å²) in [5, 5.41) is 5.90. The number of anilines is 1. The topological polar surface area (TPSA) is 47.0 Å². The first-order valence-corrected chi connectivity index (χ1v) is 12.0. The van der Waals surface area contributed by atoms with Crippen LogP contribution < -0.4 is 14.5 Å². The summed E-state index contributed by atoms with van der Waals surface area (Å²) in [6.45, 7) is 5.05. The van der Waals surface area contributed by atoms with E-state index in [1.807, 2.05) is 74.5 Å². The van der Waals surface area contributed by atoms with E-state index in [0.29, 0.717) is 24.7 Å². The van der Waals surface area contributed by atoms with Gasteiger partial charge in [-0.3, -0.25) is 5.01 Å². The minimum Gasteiger partial charge on any atom is -0.473 e. The highest BCUT2D eigenvalue weighted by Gasteiger charge is 2.28. The molecule has 0 unspecified atom stereocenters. The number of ether oxygens (including phenoxy) is 2. The number of aromatic nitrogens is 1. The average Bonchev–Trinajstić information content (AvgIpc) is 3.27. The quantitative estimate of drug-likeness (QED) is 0.261. The van der Waals surface area contributed by atoms with E-state index in [1.54, 1.807) is 23.4 Å². The molecule has 2 heterocycles. The Kier molecular flexibility index (Phi) is 6.86. The molecule has 3 aromatic carbocycles. The first-order chi connectivity index (χ1) is 17.9. The number of hydrazone groups is 1. The third kappa shape index (κ3) is 5.77. The standard InChI is InChI=1S/C30H27F2N3O2/c1-30(2)19-33-35(20-30)23-15-25(31)28(26(32)16-23)24-13-14-27(36-17-21-9-5-3-6-10-21)34-29(24)37-18-22-11-7-4-8-12-22/h3-16,19H,17-18,20H2,1-2H3. The summed E-state index contributed by atoms with van der Waals surface area (Å²) in [6.07, 6.45) is 1.78. The van der Waals surface area contributed by atoms with E-state index in [1.165, 1.54) is 12.1 Å². The molecule has 7 heteroatoms. The summed E-state index contributed by atoms with van der Waals surface area (Å²) >= 11 is 0. The van der Waals surface area contributed by atoms with Gasteiger partial charge in [0.15, 0.2) is 0 Å². The molecule has 0 aliphatic carbocycles. The zero-order chi connectivity index (χ0) is 25.8. The molecule has 188 valence electrons. The van der Waals surface area contributed by atoms with Crippen LogP contribution in [0.1, 0.15) is 25.0 Å². The van der Waals surface area contributed by atoms with E-state index < -0.39 is 11.6 Å². The summed E-state index contributed by atoms with van der Waals surface area (Å²) < 4.78 is 42.7. The molecule has 0 amide bonds. The van der Waals surface area contributed by atoms with Gasteiger partial charge in [0.25, 0.3) is 0 Å². The van der Waals surface area contributed by atoms with Gasteiger partial charge in [0.1, 0.15) is 24.8 Å². The molecule has 5 nitrogen and oxygen atoms in total. The molecular formula is C30H27F2N3O2. The molecule has 0 spiro atoms. The SMILES string of the molecule is CC1(C)C=NN(c2cc(F)c(-c3ccc(OCc4ccccc4)nc3OCc3ccccc3)c(F)c2)C1. The number of halogens is 2. The zero-order valence-corrected chi connectivity index (χ0v) is 20.7. The molecule has 4 aromatic rings. The van der Waals surface area contributed by atoms with Crippen molar-refractivity contribution in [2.75, 3.05) is 11.6 Å². The number of pyridine rings is 1. The fourth-order valence-corrected chi connectivity index (χ4v) is 4.08. The van der Waals surface area contributed by atoms with Crippen molar-refractivity contribution in [1.82, 2.24) is 4.98 Å². The van der Waals surface area contributed by atoms with E-state index in [9.17, 15) is 0 Å². The predicted molar refractivity (Wildman–Crippen MR) is 141 cm³/mol. The van der Waals surface area contributed by atoms with Crippen molar-refractivity contribution in [2.24, 2.45) is 10.5 Å². The van der Waals surface area contributed by atoms with Crippen LogP contribution in [0.2, 0.25) is 0 Å². The molecule has 1 aliphatic heterocycles. The summed E-state index contributed by atoms with van der Waals surface area (Å²) in [5.41, 5.74) is 2.04. The summed E-state index contributed by atoms with van der Waals surface area (Å²) in [5.74, 6) is -1.07. The maximum atomic E-state index is 15.4. The summed E-state index contributed by atoms with van der Waals surface area (Å²) in [4.78, 5) is 4.47. The van der Waals surface area contributed by atoms with Crippen LogP contribution in [-0.2, 0) is 13.2 Å². The van der Waals surface area contributed by atoms with Crippen LogP contribution in [-0.4, -0.2) is 17.7 Å². The van der Waals surface area contributed by atoms with Crippen molar-refractivity contribution in [2.45, 2.75) is 27.1 Å². The summed E-state index contributed by atoms with van der Waals surface area (Å²) in [6, 6.07) is 24.9. The highest BCUT2D eigenvalue weighted by molar-refractivity contribution is 5.75. The van der Waals surface area contributed by atoms with Gasteiger partial charge >= 0.3 is 0 Å². The molecule has 0 saturated carbocycles. The third-order valence-electron chi connectivity index (χ3n) is 5.98. The maximum absolute atomic E-state index is 15.4. The molecule has 0 fully saturated rings. The summed E-state index contributed by atoms with van der Waals surface area (Å²) in [7, 11) is 0. The smallest absolute Gasteiger partial charge is 0.225 e. The van der Waals surface area contributed by atoms with Crippen molar-refractivity contribution < 1.29 is 18.3 Å². The van der Waals surface area contributed by atoms with E-state index in [2.05, 4.69) is 10.1 Å². The fourth-order valence-electron chi connectivity index (χ4n) is 4.08. The Morgan fingerprint density at radius 1 is 0.811 bits per heavy atom. The Morgan fingerprint density at radius 2 is 1.41 bits per heavy atom. The lowest BCUT2D eigenvalue weighted by Gasteiger charge is -2.20. The molecule has 5 rings (SSSR count). The lowest BCUT2D eigenvalue weighted by Crippen LogP contribution is -2.23. The van der Waals surface area contributed by atoms with Crippen molar-refractivity contribution in [3.8, 4) is 22.9 Å². The largest absolute Gasteiger partial charge is 0.473 e. The third-order valence-corrected chi connectivity index (χ3v) is 5.98. The highest BCUT2D eigenvalue weighted by Crippen LogP contribution is 2.38. The number of nitrogens with zero attached hydrogens (tertiary/aromatic N) is 3. The second kappa shape index (κ2) is 10.4. The van der Waals surface area contributed by atoms with Gasteiger partial charge in [0, 0.05) is 17.7 Å². The van der Waals surface area contributed by atoms with Gasteiger partial charge < -0.3 is 9.47 Å². The molecule has 0 saturated heterocycles. The Labute approximate surface area is 215 Å². The predicted octanol–water partition coefficient (Wildman–Crippen LogP) is 7.02. The van der Waals surface area contributed by atoms with Crippen LogP contribution in [0.15, 0.2) is 90.0 Å². The Morgan fingerprint density at radius 3 is 1.97 bits per heavy atom. The number of hydrogen-bond donors (Lipinski definition) is 0. The molecule has 0 atom stereocenters. The average molecular weight is 500 g/mol. The van der Waals surface area contributed by atoms with Gasteiger partial charge in [-0.1, -0.05) is 74.5 Å². The van der Waals surface area contributed by atoms with E-state index in [4.69, 9.17) is 9.47 Å². The van der Waals surface area contributed by atoms with Crippen molar-refractivity contribution in [3.05, 3.63) is 108 Å². The molecule has 37 heavy (non-hydrogen) atoms. The van der Waals surface area contributed by atoms with Gasteiger partial charge in [0.05, 0.1) is 23.4 Å². The lowest BCUT2D eigenvalue weighted by atomic mass is 9.96. The van der Waals surface area contributed by atoms with Crippen LogP contribution in [0.25, 0.3) is 11.1 Å². The second-order valence-corrected chi connectivity index (χ2v) is 9.63. The fraction of sp³-hybridized carbons (Fsp3) is 0.200. The van der Waals surface area contributed by atoms with Gasteiger partial charge in [-0.15, -0.1) is 0 Å². The van der Waals surface area contributed by atoms with Crippen LogP contribution in [0.5, 0.6) is 11.8 Å². The van der Waals surface area contributed by atoms with E-state index >= 15 is 8.78 Å². The Hall–Kier alpha value is -4.26. The van der Waals surface area contributed by atoms with Crippen LogP contribution in [0.4, 0.5) is 14.5 Å². The Balaban J connectivity index is 1.46.